The molecule has 2 rings (SSSR count). The van der Waals surface area contributed by atoms with Gasteiger partial charge < -0.3 is 5.11 Å². The third kappa shape index (κ3) is 2.79. The van der Waals surface area contributed by atoms with Gasteiger partial charge in [-0.2, -0.15) is 0 Å². The van der Waals surface area contributed by atoms with E-state index in [-0.39, 0.29) is 6.42 Å². The number of carboxylic acid groups (broad SMARTS) is 1. The first-order valence-corrected chi connectivity index (χ1v) is 7.03. The van der Waals surface area contributed by atoms with Gasteiger partial charge in [-0.25, -0.2) is 4.98 Å². The van der Waals surface area contributed by atoms with Crippen molar-refractivity contribution in [2.75, 3.05) is 0 Å². The summed E-state index contributed by atoms with van der Waals surface area (Å²) in [4.78, 5) is 16.0. The maximum atomic E-state index is 10.8. The second-order valence-electron chi connectivity index (χ2n) is 4.06. The summed E-state index contributed by atoms with van der Waals surface area (Å²) < 4.78 is 1.03. The molecule has 94 valence electrons. The summed E-state index contributed by atoms with van der Waals surface area (Å²) in [7, 11) is 0. The van der Waals surface area contributed by atoms with Crippen molar-refractivity contribution in [3.05, 3.63) is 38.8 Å². The number of hydrogen-bond donors (Lipinski definition) is 1. The molecule has 0 aliphatic heterocycles. The molecule has 1 heterocycles. The lowest BCUT2D eigenvalue weighted by atomic mass is 10.1. The number of thiazole rings is 1. The Bertz CT molecular complexity index is 607. The van der Waals surface area contributed by atoms with E-state index in [9.17, 15) is 4.79 Å². The lowest BCUT2D eigenvalue weighted by Crippen LogP contribution is -1.99. The number of rotatable bonds is 3. The Labute approximate surface area is 118 Å². The fourth-order valence-corrected chi connectivity index (χ4v) is 3.33. The van der Waals surface area contributed by atoms with E-state index >= 15 is 0 Å². The van der Waals surface area contributed by atoms with Crippen LogP contribution in [0.2, 0.25) is 0 Å². The van der Waals surface area contributed by atoms with Gasteiger partial charge in [-0.15, -0.1) is 11.3 Å². The highest BCUT2D eigenvalue weighted by molar-refractivity contribution is 9.10. The molecule has 0 saturated heterocycles. The van der Waals surface area contributed by atoms with Gasteiger partial charge in [-0.3, -0.25) is 4.79 Å². The van der Waals surface area contributed by atoms with Crippen molar-refractivity contribution >= 4 is 33.2 Å². The normalized spacial score (nSPS) is 10.6. The first kappa shape index (κ1) is 13.2. The Kier molecular flexibility index (Phi) is 3.82. The predicted molar refractivity (Wildman–Crippen MR) is 76.1 cm³/mol. The first-order chi connectivity index (χ1) is 8.47. The summed E-state index contributed by atoms with van der Waals surface area (Å²) in [6.07, 6.45) is 0.0407. The lowest BCUT2D eigenvalue weighted by Gasteiger charge is -2.02. The fourth-order valence-electron chi connectivity index (χ4n) is 1.71. The number of aromatic nitrogens is 1. The SMILES string of the molecule is Cc1cc(Br)ccc1-c1nc(C)c(CC(=O)O)s1. The fraction of sp³-hybridized carbons (Fsp3) is 0.231. The molecule has 0 amide bonds. The van der Waals surface area contributed by atoms with Crippen molar-refractivity contribution in [1.82, 2.24) is 4.98 Å². The molecule has 0 aliphatic rings. The molecule has 0 saturated carbocycles. The molecule has 0 bridgehead atoms. The van der Waals surface area contributed by atoms with Crippen LogP contribution in [0.25, 0.3) is 10.6 Å². The molecule has 3 nitrogen and oxygen atoms in total. The maximum absolute atomic E-state index is 10.8. The molecule has 5 heteroatoms. The van der Waals surface area contributed by atoms with Crippen molar-refractivity contribution in [2.45, 2.75) is 20.3 Å². The average molecular weight is 326 g/mol. The van der Waals surface area contributed by atoms with Crippen LogP contribution in [0.3, 0.4) is 0 Å². The molecule has 1 aromatic carbocycles. The summed E-state index contributed by atoms with van der Waals surface area (Å²) in [5.41, 5.74) is 2.99. The smallest absolute Gasteiger partial charge is 0.308 e. The van der Waals surface area contributed by atoms with E-state index in [1.807, 2.05) is 32.0 Å². The highest BCUT2D eigenvalue weighted by Gasteiger charge is 2.13. The number of benzene rings is 1. The van der Waals surface area contributed by atoms with Crippen LogP contribution in [0.15, 0.2) is 22.7 Å². The van der Waals surface area contributed by atoms with Crippen molar-refractivity contribution in [2.24, 2.45) is 0 Å². The van der Waals surface area contributed by atoms with Crippen LogP contribution in [0.4, 0.5) is 0 Å². The molecule has 0 fully saturated rings. The van der Waals surface area contributed by atoms with E-state index in [0.29, 0.717) is 0 Å². The first-order valence-electron chi connectivity index (χ1n) is 5.42. The van der Waals surface area contributed by atoms with Crippen LogP contribution in [-0.4, -0.2) is 16.1 Å². The summed E-state index contributed by atoms with van der Waals surface area (Å²) >= 11 is 4.88. The minimum atomic E-state index is -0.819. The van der Waals surface area contributed by atoms with E-state index in [0.717, 1.165) is 31.2 Å². The number of aliphatic carboxylic acids is 1. The topological polar surface area (TPSA) is 50.2 Å². The Balaban J connectivity index is 2.42. The Morgan fingerprint density at radius 2 is 2.17 bits per heavy atom. The maximum Gasteiger partial charge on any atom is 0.308 e. The predicted octanol–water partition coefficient (Wildman–Crippen LogP) is 3.82. The molecule has 0 spiro atoms. The monoisotopic (exact) mass is 325 g/mol. The number of hydrogen-bond acceptors (Lipinski definition) is 3. The molecule has 1 aromatic heterocycles. The molecule has 2 aromatic rings. The third-order valence-corrected chi connectivity index (χ3v) is 4.31. The third-order valence-electron chi connectivity index (χ3n) is 2.62. The van der Waals surface area contributed by atoms with Crippen molar-refractivity contribution in [3.63, 3.8) is 0 Å². The lowest BCUT2D eigenvalue weighted by molar-refractivity contribution is -0.136. The van der Waals surface area contributed by atoms with Gasteiger partial charge in [0.05, 0.1) is 12.1 Å². The van der Waals surface area contributed by atoms with Crippen LogP contribution < -0.4 is 0 Å². The number of halogens is 1. The highest BCUT2D eigenvalue weighted by Crippen LogP contribution is 2.31. The van der Waals surface area contributed by atoms with Crippen LogP contribution in [0.1, 0.15) is 16.1 Å². The Morgan fingerprint density at radius 3 is 2.78 bits per heavy atom. The van der Waals surface area contributed by atoms with Crippen molar-refractivity contribution in [1.29, 1.82) is 0 Å². The zero-order valence-electron chi connectivity index (χ0n) is 10.0. The molecule has 18 heavy (non-hydrogen) atoms. The standard InChI is InChI=1S/C13H12BrNO2S/c1-7-5-9(14)3-4-10(7)13-15-8(2)11(18-13)6-12(16)17/h3-5H,6H2,1-2H3,(H,16,17). The van der Waals surface area contributed by atoms with Crippen molar-refractivity contribution < 1.29 is 9.90 Å². The van der Waals surface area contributed by atoms with Crippen LogP contribution >= 0.6 is 27.3 Å². The minimum Gasteiger partial charge on any atom is -0.481 e. The average Bonchev–Trinajstić information content (AvgIpc) is 2.59. The molecule has 0 atom stereocenters. The van der Waals surface area contributed by atoms with Gasteiger partial charge in [0.1, 0.15) is 5.01 Å². The van der Waals surface area contributed by atoms with E-state index in [1.54, 1.807) is 0 Å². The molecular formula is C13H12BrNO2S. The van der Waals surface area contributed by atoms with Crippen molar-refractivity contribution in [3.8, 4) is 10.6 Å². The molecule has 0 aliphatic carbocycles. The molecule has 1 N–H and O–H groups in total. The highest BCUT2D eigenvalue weighted by atomic mass is 79.9. The number of aryl methyl sites for hydroxylation is 2. The number of carbonyl (C=O) groups is 1. The molecular weight excluding hydrogens is 314 g/mol. The number of carboxylic acids is 1. The minimum absolute atomic E-state index is 0.0407. The quantitative estimate of drug-likeness (QED) is 0.933. The zero-order chi connectivity index (χ0) is 13.3. The largest absolute Gasteiger partial charge is 0.481 e. The van der Waals surface area contributed by atoms with E-state index in [4.69, 9.17) is 5.11 Å². The second-order valence-corrected chi connectivity index (χ2v) is 6.06. The van der Waals surface area contributed by atoms with Gasteiger partial charge >= 0.3 is 5.97 Å². The number of nitrogens with zero attached hydrogens (tertiary/aromatic N) is 1. The Morgan fingerprint density at radius 1 is 1.44 bits per heavy atom. The van der Waals surface area contributed by atoms with Gasteiger partial charge in [-0.1, -0.05) is 22.0 Å². The summed E-state index contributed by atoms with van der Waals surface area (Å²) in [6, 6.07) is 6.00. The van der Waals surface area contributed by atoms with Gasteiger partial charge in [-0.05, 0) is 31.5 Å². The van der Waals surface area contributed by atoms with Crippen LogP contribution in [0.5, 0.6) is 0 Å². The van der Waals surface area contributed by atoms with E-state index in [1.165, 1.54) is 11.3 Å². The van der Waals surface area contributed by atoms with Gasteiger partial charge in [0.15, 0.2) is 0 Å². The Hall–Kier alpha value is -1.20. The van der Waals surface area contributed by atoms with Crippen LogP contribution in [0, 0.1) is 13.8 Å². The van der Waals surface area contributed by atoms with Gasteiger partial charge in [0, 0.05) is 14.9 Å². The summed E-state index contributed by atoms with van der Waals surface area (Å²) in [5, 5.41) is 9.72. The van der Waals surface area contributed by atoms with Gasteiger partial charge in [0.2, 0.25) is 0 Å². The molecule has 0 unspecified atom stereocenters. The zero-order valence-corrected chi connectivity index (χ0v) is 12.4. The summed E-state index contributed by atoms with van der Waals surface area (Å²) in [5.74, 6) is -0.819. The van der Waals surface area contributed by atoms with E-state index in [2.05, 4.69) is 20.9 Å². The summed E-state index contributed by atoms with van der Waals surface area (Å²) in [6.45, 7) is 3.88. The van der Waals surface area contributed by atoms with E-state index < -0.39 is 5.97 Å². The second kappa shape index (κ2) is 5.20. The van der Waals surface area contributed by atoms with Gasteiger partial charge in [0.25, 0.3) is 0 Å². The van der Waals surface area contributed by atoms with Crippen LogP contribution in [-0.2, 0) is 11.2 Å². The molecule has 0 radical (unpaired) electrons.